The summed E-state index contributed by atoms with van der Waals surface area (Å²) in [5, 5.41) is -0.636. The van der Waals surface area contributed by atoms with Crippen LogP contribution in [0, 0.1) is 0 Å². The van der Waals surface area contributed by atoms with E-state index < -0.39 is 21.0 Å². The number of primary amides is 1. The van der Waals surface area contributed by atoms with E-state index >= 15 is 0 Å². The summed E-state index contributed by atoms with van der Waals surface area (Å²) >= 11 is 0. The zero-order valence-corrected chi connectivity index (χ0v) is 10.4. The molecule has 0 aromatic heterocycles. The molecule has 0 radical (unpaired) electrons. The number of hydrogen-bond donors (Lipinski definition) is 2. The molecule has 0 spiro atoms. The van der Waals surface area contributed by atoms with Gasteiger partial charge < -0.3 is 11.5 Å². The lowest BCUT2D eigenvalue weighted by molar-refractivity contribution is 0.0999. The van der Waals surface area contributed by atoms with E-state index in [-0.39, 0.29) is 17.9 Å². The van der Waals surface area contributed by atoms with E-state index in [1.54, 1.807) is 25.1 Å². The smallest absolute Gasteiger partial charge is 0.249 e. The molecule has 1 amide bonds. The van der Waals surface area contributed by atoms with Crippen LogP contribution in [0.15, 0.2) is 24.3 Å². The maximum Gasteiger partial charge on any atom is 0.249 e. The van der Waals surface area contributed by atoms with Gasteiger partial charge in [-0.1, -0.05) is 18.2 Å². The van der Waals surface area contributed by atoms with E-state index in [0.29, 0.717) is 5.56 Å². The third kappa shape index (κ3) is 3.28. The van der Waals surface area contributed by atoms with Crippen molar-refractivity contribution in [2.24, 2.45) is 11.5 Å². The lowest BCUT2D eigenvalue weighted by Gasteiger charge is -2.12. The van der Waals surface area contributed by atoms with Crippen LogP contribution in [-0.4, -0.2) is 26.1 Å². The van der Waals surface area contributed by atoms with Gasteiger partial charge in [0, 0.05) is 12.1 Å². The first-order chi connectivity index (χ1) is 7.88. The summed E-state index contributed by atoms with van der Waals surface area (Å²) in [6.07, 6.45) is 0. The summed E-state index contributed by atoms with van der Waals surface area (Å²) in [6, 6.07) is 6.41. The molecule has 1 unspecified atom stereocenters. The summed E-state index contributed by atoms with van der Waals surface area (Å²) in [5.41, 5.74) is 11.2. The van der Waals surface area contributed by atoms with Gasteiger partial charge in [0.25, 0.3) is 0 Å². The molecule has 0 aliphatic rings. The summed E-state index contributed by atoms with van der Waals surface area (Å²) in [6.45, 7) is 1.60. The van der Waals surface area contributed by atoms with E-state index in [1.807, 2.05) is 0 Å². The van der Waals surface area contributed by atoms with Gasteiger partial charge in [-0.25, -0.2) is 8.42 Å². The Hall–Kier alpha value is -1.40. The summed E-state index contributed by atoms with van der Waals surface area (Å²) < 4.78 is 23.7. The Morgan fingerprint density at radius 2 is 1.94 bits per heavy atom. The topological polar surface area (TPSA) is 103 Å². The van der Waals surface area contributed by atoms with Gasteiger partial charge in [0.2, 0.25) is 5.91 Å². The molecule has 5 nitrogen and oxygen atoms in total. The largest absolute Gasteiger partial charge is 0.366 e. The first-order valence-electron chi connectivity index (χ1n) is 5.18. The number of carbonyl (C=O) groups is 1. The molecule has 0 aliphatic heterocycles. The fraction of sp³-hybridized carbons (Fsp3) is 0.364. The molecule has 1 aromatic carbocycles. The lowest BCUT2D eigenvalue weighted by atomic mass is 10.1. The fourth-order valence-corrected chi connectivity index (χ4v) is 2.66. The summed E-state index contributed by atoms with van der Waals surface area (Å²) in [7, 11) is -3.35. The van der Waals surface area contributed by atoms with Crippen LogP contribution >= 0.6 is 0 Å². The maximum absolute atomic E-state index is 11.9. The number of carbonyl (C=O) groups excluding carboxylic acids is 1. The normalized spacial score (nSPS) is 13.3. The Balaban J connectivity index is 3.08. The fourth-order valence-electron chi connectivity index (χ4n) is 1.39. The van der Waals surface area contributed by atoms with Gasteiger partial charge in [0.15, 0.2) is 9.84 Å². The molecule has 0 fully saturated rings. The first-order valence-corrected chi connectivity index (χ1v) is 6.89. The standard InChI is InChI=1S/C11H16N2O3S/c1-8(6-12)17(15,16)7-9-4-2-3-5-10(9)11(13)14/h2-5,8H,6-7,12H2,1H3,(H2,13,14). The van der Waals surface area contributed by atoms with Crippen molar-refractivity contribution in [3.05, 3.63) is 35.4 Å². The number of amides is 1. The van der Waals surface area contributed by atoms with E-state index in [4.69, 9.17) is 11.5 Å². The van der Waals surface area contributed by atoms with Crippen LogP contribution in [-0.2, 0) is 15.6 Å². The highest BCUT2D eigenvalue weighted by Crippen LogP contribution is 2.15. The number of hydrogen-bond acceptors (Lipinski definition) is 4. The molecule has 94 valence electrons. The monoisotopic (exact) mass is 256 g/mol. The molecule has 0 bridgehead atoms. The molecule has 4 N–H and O–H groups in total. The summed E-state index contributed by atoms with van der Waals surface area (Å²) in [5.74, 6) is -0.846. The minimum absolute atomic E-state index is 0.0566. The first kappa shape index (κ1) is 13.7. The van der Waals surface area contributed by atoms with Gasteiger partial charge in [-0.3, -0.25) is 4.79 Å². The van der Waals surface area contributed by atoms with Crippen LogP contribution in [0.1, 0.15) is 22.8 Å². The molecule has 1 aromatic rings. The van der Waals surface area contributed by atoms with E-state index in [1.165, 1.54) is 6.07 Å². The number of nitrogens with two attached hydrogens (primary N) is 2. The zero-order valence-electron chi connectivity index (χ0n) is 9.59. The number of sulfone groups is 1. The van der Waals surface area contributed by atoms with Crippen molar-refractivity contribution >= 4 is 15.7 Å². The van der Waals surface area contributed by atoms with Crippen LogP contribution in [0.5, 0.6) is 0 Å². The Morgan fingerprint density at radius 1 is 1.35 bits per heavy atom. The van der Waals surface area contributed by atoms with Gasteiger partial charge in [0.05, 0.1) is 11.0 Å². The molecule has 17 heavy (non-hydrogen) atoms. The quantitative estimate of drug-likeness (QED) is 0.776. The Morgan fingerprint density at radius 3 is 2.47 bits per heavy atom. The molecule has 0 saturated carbocycles. The molecule has 0 aliphatic carbocycles. The Kier molecular flexibility index (Phi) is 4.25. The van der Waals surface area contributed by atoms with Gasteiger partial charge in [-0.2, -0.15) is 0 Å². The molecule has 1 rings (SSSR count). The van der Waals surface area contributed by atoms with Crippen molar-refractivity contribution < 1.29 is 13.2 Å². The second-order valence-corrected chi connectivity index (χ2v) is 6.29. The van der Waals surface area contributed by atoms with Crippen molar-refractivity contribution in [1.82, 2.24) is 0 Å². The molecule has 0 saturated heterocycles. The van der Waals surface area contributed by atoms with Crippen molar-refractivity contribution in [2.45, 2.75) is 17.9 Å². The average Bonchev–Trinajstić information content (AvgIpc) is 2.27. The van der Waals surface area contributed by atoms with Crippen LogP contribution in [0.25, 0.3) is 0 Å². The molecular weight excluding hydrogens is 240 g/mol. The van der Waals surface area contributed by atoms with E-state index in [0.717, 1.165) is 0 Å². The van der Waals surface area contributed by atoms with Crippen molar-refractivity contribution in [1.29, 1.82) is 0 Å². The second kappa shape index (κ2) is 5.29. The van der Waals surface area contributed by atoms with E-state index in [9.17, 15) is 13.2 Å². The van der Waals surface area contributed by atoms with Crippen LogP contribution in [0.4, 0.5) is 0 Å². The van der Waals surface area contributed by atoms with Gasteiger partial charge >= 0.3 is 0 Å². The number of rotatable bonds is 5. The molecule has 6 heteroatoms. The number of benzene rings is 1. The SMILES string of the molecule is CC(CN)S(=O)(=O)Cc1ccccc1C(N)=O. The zero-order chi connectivity index (χ0) is 13.1. The van der Waals surface area contributed by atoms with Crippen molar-refractivity contribution in [2.75, 3.05) is 6.54 Å². The highest BCUT2D eigenvalue weighted by molar-refractivity contribution is 7.91. The van der Waals surface area contributed by atoms with Crippen LogP contribution < -0.4 is 11.5 Å². The third-order valence-corrected chi connectivity index (χ3v) is 4.72. The van der Waals surface area contributed by atoms with Crippen molar-refractivity contribution in [3.8, 4) is 0 Å². The minimum Gasteiger partial charge on any atom is -0.366 e. The predicted molar refractivity (Wildman–Crippen MR) is 66.1 cm³/mol. The molecule has 0 heterocycles. The third-order valence-electron chi connectivity index (χ3n) is 2.58. The average molecular weight is 256 g/mol. The highest BCUT2D eigenvalue weighted by Gasteiger charge is 2.22. The Labute approximate surface area is 101 Å². The minimum atomic E-state index is -3.35. The van der Waals surface area contributed by atoms with Gasteiger partial charge in [-0.15, -0.1) is 0 Å². The molecular formula is C11H16N2O3S. The van der Waals surface area contributed by atoms with E-state index in [2.05, 4.69) is 0 Å². The molecule has 1 atom stereocenters. The van der Waals surface area contributed by atoms with Gasteiger partial charge in [-0.05, 0) is 18.6 Å². The Bertz CT molecular complexity index is 511. The summed E-state index contributed by atoms with van der Waals surface area (Å²) in [4.78, 5) is 11.1. The van der Waals surface area contributed by atoms with Crippen LogP contribution in [0.2, 0.25) is 0 Å². The van der Waals surface area contributed by atoms with Gasteiger partial charge in [0.1, 0.15) is 0 Å². The lowest BCUT2D eigenvalue weighted by Crippen LogP contribution is -2.28. The van der Waals surface area contributed by atoms with Crippen LogP contribution in [0.3, 0.4) is 0 Å². The highest BCUT2D eigenvalue weighted by atomic mass is 32.2. The second-order valence-electron chi connectivity index (χ2n) is 3.87. The predicted octanol–water partition coefficient (Wildman–Crippen LogP) is 0.0475. The maximum atomic E-state index is 11.9. The van der Waals surface area contributed by atoms with Crippen molar-refractivity contribution in [3.63, 3.8) is 0 Å².